The van der Waals surface area contributed by atoms with E-state index in [9.17, 15) is 31.1 Å². The lowest BCUT2D eigenvalue weighted by Gasteiger charge is -2.17. The maximum absolute atomic E-state index is 13.8. The highest BCUT2D eigenvalue weighted by Crippen LogP contribution is 2.25. The van der Waals surface area contributed by atoms with Gasteiger partial charge in [0.1, 0.15) is 11.4 Å². The predicted octanol–water partition coefficient (Wildman–Crippen LogP) is 5.39. The van der Waals surface area contributed by atoms with E-state index in [-0.39, 0.29) is 16.3 Å². The van der Waals surface area contributed by atoms with E-state index >= 15 is 0 Å². The molecule has 1 atom stereocenters. The number of sulfonamides is 1. The molecule has 0 radical (unpaired) electrons. The summed E-state index contributed by atoms with van der Waals surface area (Å²) in [5.74, 6) is -1.75. The first-order chi connectivity index (χ1) is 15.5. The number of para-hydroxylation sites is 1. The topological polar surface area (TPSA) is 90.5 Å². The second-order valence-electron chi connectivity index (χ2n) is 6.55. The van der Waals surface area contributed by atoms with Crippen molar-refractivity contribution in [2.24, 2.45) is 0 Å². The number of benzene rings is 3. The van der Waals surface area contributed by atoms with Crippen LogP contribution in [0.4, 0.5) is 28.9 Å². The van der Waals surface area contributed by atoms with E-state index in [1.807, 2.05) is 0 Å². The minimum absolute atomic E-state index is 0.162. The van der Waals surface area contributed by atoms with Crippen LogP contribution in [-0.2, 0) is 19.4 Å². The molecule has 1 amide bonds. The molecule has 11 heteroatoms. The van der Waals surface area contributed by atoms with Gasteiger partial charge in [0.2, 0.25) is 5.91 Å². The van der Waals surface area contributed by atoms with E-state index in [1.165, 1.54) is 60.7 Å². The van der Waals surface area contributed by atoms with Gasteiger partial charge < -0.3 is 14.6 Å². The predicted molar refractivity (Wildman–Crippen MR) is 114 cm³/mol. The number of hydrogen-bond acceptors (Lipinski definition) is 4. The first-order valence-electron chi connectivity index (χ1n) is 9.24. The summed E-state index contributed by atoms with van der Waals surface area (Å²) in [5, 5.41) is 2.48. The van der Waals surface area contributed by atoms with Crippen LogP contribution in [0.25, 0.3) is 6.08 Å². The van der Waals surface area contributed by atoms with Gasteiger partial charge in [0.25, 0.3) is 0 Å². The molecule has 3 rings (SSSR count). The molecule has 0 saturated heterocycles. The Hall–Kier alpha value is -3.70. The Kier molecular flexibility index (Phi) is 7.14. The van der Waals surface area contributed by atoms with Gasteiger partial charge >= 0.3 is 6.36 Å². The number of amides is 1. The van der Waals surface area contributed by atoms with E-state index in [4.69, 9.17) is 0 Å². The monoisotopic (exact) mass is 480 g/mol. The molecule has 2 N–H and O–H groups in total. The van der Waals surface area contributed by atoms with E-state index in [2.05, 4.69) is 14.8 Å². The number of carbonyl (C=O) groups is 1. The fraction of sp³-hybridized carbons (Fsp3) is 0.0455. The standard InChI is InChI=1S/C22H16F4N2O4S/c23-19-6-1-2-7-20(19)28-33(30,31)18-5-3-4-16(14-18)27-21(29)13-10-15-8-11-17(12-9-15)32-22(24,25)26/h1-14H,(H2-,27,28,29,30,31)/b13-10+. The maximum atomic E-state index is 13.8. The van der Waals surface area contributed by atoms with Gasteiger partial charge in [-0.3, -0.25) is 4.79 Å². The molecule has 0 saturated carbocycles. The van der Waals surface area contributed by atoms with Crippen LogP contribution in [0, 0.1) is 5.82 Å². The number of anilines is 2. The Morgan fingerprint density at radius 1 is 1.00 bits per heavy atom. The molecule has 0 aromatic heterocycles. The quantitative estimate of drug-likeness (QED) is 0.270. The number of hydrogen-bond donors (Lipinski definition) is 2. The number of halogens is 4. The minimum Gasteiger partial charge on any atom is -0.588 e. The average Bonchev–Trinajstić information content (AvgIpc) is 2.74. The van der Waals surface area contributed by atoms with Crippen LogP contribution < -0.4 is 14.8 Å². The van der Waals surface area contributed by atoms with Crippen LogP contribution in [-0.4, -0.2) is 16.8 Å². The van der Waals surface area contributed by atoms with Gasteiger partial charge in [0.05, 0.1) is 0 Å². The van der Waals surface area contributed by atoms with E-state index in [0.29, 0.717) is 5.56 Å². The Balaban J connectivity index is 1.65. The third-order valence-corrected chi connectivity index (χ3v) is 5.43. The molecule has 172 valence electrons. The maximum Gasteiger partial charge on any atom is 0.573 e. The number of alkyl halides is 3. The van der Waals surface area contributed by atoms with Crippen LogP contribution in [0.2, 0.25) is 0 Å². The van der Waals surface area contributed by atoms with Crippen molar-refractivity contribution in [1.29, 1.82) is 0 Å². The van der Waals surface area contributed by atoms with Gasteiger partial charge in [-0.05, 0) is 48.0 Å². The zero-order chi connectivity index (χ0) is 24.1. The lowest BCUT2D eigenvalue weighted by atomic mass is 10.2. The van der Waals surface area contributed by atoms with E-state index in [1.54, 1.807) is 0 Å². The molecule has 0 bridgehead atoms. The normalized spacial score (nSPS) is 13.4. The second kappa shape index (κ2) is 9.84. The molecular formula is C22H16F4N2O4S. The van der Waals surface area contributed by atoms with Gasteiger partial charge in [0.15, 0.2) is 21.1 Å². The molecule has 0 aliphatic carbocycles. The van der Waals surface area contributed by atoms with Gasteiger partial charge in [-0.2, -0.15) is 4.72 Å². The van der Waals surface area contributed by atoms with Crippen molar-refractivity contribution in [3.05, 3.63) is 90.3 Å². The second-order valence-corrected chi connectivity index (χ2v) is 8.24. The Labute approximate surface area is 187 Å². The van der Waals surface area contributed by atoms with Crippen molar-refractivity contribution in [1.82, 2.24) is 0 Å². The average molecular weight is 480 g/mol. The number of nitrogens with one attached hydrogen (secondary N) is 2. The molecule has 3 aromatic rings. The van der Waals surface area contributed by atoms with Crippen molar-refractivity contribution in [2.75, 3.05) is 10.0 Å². The first kappa shape index (κ1) is 24.0. The van der Waals surface area contributed by atoms with Gasteiger partial charge in [-0.1, -0.05) is 34.5 Å². The summed E-state index contributed by atoms with van der Waals surface area (Å²) >= 11 is 0. The van der Waals surface area contributed by atoms with Crippen molar-refractivity contribution in [3.63, 3.8) is 0 Å². The fourth-order valence-corrected chi connectivity index (χ4v) is 3.74. The van der Waals surface area contributed by atoms with Crippen LogP contribution in [0.15, 0.2) is 83.8 Å². The number of carbonyl (C=O) groups excluding carboxylic acids is 1. The van der Waals surface area contributed by atoms with Crippen molar-refractivity contribution in [3.8, 4) is 5.75 Å². The van der Waals surface area contributed by atoms with Crippen LogP contribution >= 0.6 is 0 Å². The molecule has 0 spiro atoms. The van der Waals surface area contributed by atoms with Crippen molar-refractivity contribution in [2.45, 2.75) is 11.3 Å². The third kappa shape index (κ3) is 7.16. The minimum atomic E-state index is -4.80. The summed E-state index contributed by atoms with van der Waals surface area (Å²) in [7, 11) is -4.12. The van der Waals surface area contributed by atoms with Gasteiger partial charge in [-0.15, -0.1) is 13.2 Å². The van der Waals surface area contributed by atoms with Crippen LogP contribution in [0.1, 0.15) is 5.56 Å². The molecule has 0 aliphatic rings. The number of rotatable bonds is 7. The zero-order valence-corrected chi connectivity index (χ0v) is 17.5. The Morgan fingerprint density at radius 2 is 1.70 bits per heavy atom. The highest BCUT2D eigenvalue weighted by molar-refractivity contribution is 7.99. The summed E-state index contributed by atoms with van der Waals surface area (Å²) in [4.78, 5) is 11.9. The van der Waals surface area contributed by atoms with Crippen LogP contribution in [0.5, 0.6) is 5.75 Å². The van der Waals surface area contributed by atoms with Crippen LogP contribution in [0.3, 0.4) is 0 Å². The van der Waals surface area contributed by atoms with E-state index < -0.39 is 34.2 Å². The van der Waals surface area contributed by atoms with E-state index in [0.717, 1.165) is 24.3 Å². The molecule has 0 aliphatic heterocycles. The SMILES string of the molecule is O=C(/C=C/c1ccc(OC(F)(F)F)cc1)Nc1cccc([S+](=O)([O-])Nc2ccccc2F)c1. The lowest BCUT2D eigenvalue weighted by Crippen LogP contribution is -2.22. The third-order valence-electron chi connectivity index (χ3n) is 4.07. The Morgan fingerprint density at radius 3 is 2.36 bits per heavy atom. The first-order valence-corrected chi connectivity index (χ1v) is 10.7. The summed E-state index contributed by atoms with van der Waals surface area (Å²) in [6.45, 7) is 0. The summed E-state index contributed by atoms with van der Waals surface area (Å²) in [5.41, 5.74) is 0.376. The van der Waals surface area contributed by atoms with Crippen molar-refractivity contribution >= 4 is 33.8 Å². The smallest absolute Gasteiger partial charge is 0.573 e. The molecule has 0 heterocycles. The molecule has 1 unspecified atom stereocenters. The van der Waals surface area contributed by atoms with Crippen molar-refractivity contribution < 1.29 is 35.9 Å². The Bertz CT molecular complexity index is 1210. The summed E-state index contributed by atoms with van der Waals surface area (Å²) < 4.78 is 81.3. The highest BCUT2D eigenvalue weighted by atomic mass is 32.3. The largest absolute Gasteiger partial charge is 0.588 e. The number of ether oxygens (including phenoxy) is 1. The fourth-order valence-electron chi connectivity index (χ4n) is 2.63. The molecule has 0 fully saturated rings. The zero-order valence-electron chi connectivity index (χ0n) is 16.6. The molecule has 3 aromatic carbocycles. The summed E-state index contributed by atoms with van der Waals surface area (Å²) in [6.07, 6.45) is -2.32. The summed E-state index contributed by atoms with van der Waals surface area (Å²) in [6, 6.07) is 15.4. The molecule has 33 heavy (non-hydrogen) atoms. The van der Waals surface area contributed by atoms with Gasteiger partial charge in [-0.25, -0.2) is 4.39 Å². The lowest BCUT2D eigenvalue weighted by molar-refractivity contribution is -0.274. The molecular weight excluding hydrogens is 464 g/mol. The van der Waals surface area contributed by atoms with Gasteiger partial charge in [0, 0.05) is 17.8 Å². The molecule has 6 nitrogen and oxygen atoms in total. The highest BCUT2D eigenvalue weighted by Gasteiger charge is 2.30.